The minimum absolute atomic E-state index is 0.147. The van der Waals surface area contributed by atoms with Gasteiger partial charge in [0.2, 0.25) is 5.69 Å². The number of aromatic amines is 1. The number of nitro groups is 2. The molecule has 12 nitrogen and oxygen atoms in total. The number of nitro benzene ring substituents is 1. The molecule has 0 aliphatic carbocycles. The van der Waals surface area contributed by atoms with E-state index in [1.807, 2.05) is 0 Å². The maximum absolute atomic E-state index is 11.7. The van der Waals surface area contributed by atoms with Gasteiger partial charge in [0.05, 0.1) is 9.85 Å². The average molecular weight is 320 g/mol. The van der Waals surface area contributed by atoms with E-state index in [2.05, 4.69) is 20.2 Å². The smallest absolute Gasteiger partial charge is 0.380 e. The first-order valence-corrected chi connectivity index (χ1v) is 5.87. The van der Waals surface area contributed by atoms with E-state index in [0.29, 0.717) is 0 Å². The highest BCUT2D eigenvalue weighted by Crippen LogP contribution is 2.16. The van der Waals surface area contributed by atoms with Gasteiger partial charge >= 0.3 is 11.7 Å². The van der Waals surface area contributed by atoms with E-state index in [-0.39, 0.29) is 17.1 Å². The van der Waals surface area contributed by atoms with Crippen LogP contribution in [0.4, 0.5) is 11.4 Å². The molecule has 0 aliphatic heterocycles. The van der Waals surface area contributed by atoms with Crippen LogP contribution in [-0.4, -0.2) is 31.8 Å². The lowest BCUT2D eigenvalue weighted by atomic mass is 10.2. The molecule has 0 saturated heterocycles. The Balaban J connectivity index is 2.12. The lowest BCUT2D eigenvalue weighted by molar-refractivity contribution is -0.385. The van der Waals surface area contributed by atoms with Crippen LogP contribution in [0.2, 0.25) is 0 Å². The number of nitrogens with one attached hydrogen (secondary N) is 1. The van der Waals surface area contributed by atoms with E-state index in [1.54, 1.807) is 0 Å². The zero-order valence-corrected chi connectivity index (χ0v) is 11.2. The number of aromatic nitrogens is 2. The van der Waals surface area contributed by atoms with E-state index in [9.17, 15) is 25.0 Å². The zero-order chi connectivity index (χ0) is 17.0. The largest absolute Gasteiger partial charge is 0.390 e. The Morgan fingerprint density at radius 3 is 2.43 bits per heavy atom. The molecular formula is C11H8N6O6. The fraction of sp³-hybridized carbons (Fsp3) is 0. The maximum atomic E-state index is 11.7. The normalized spacial score (nSPS) is 11.0. The third-order valence-electron chi connectivity index (χ3n) is 2.62. The van der Waals surface area contributed by atoms with Crippen molar-refractivity contribution in [1.82, 2.24) is 10.2 Å². The summed E-state index contributed by atoms with van der Waals surface area (Å²) < 4.78 is 0. The van der Waals surface area contributed by atoms with E-state index in [1.165, 1.54) is 24.3 Å². The van der Waals surface area contributed by atoms with E-state index in [4.69, 9.17) is 5.73 Å². The maximum Gasteiger partial charge on any atom is 0.390 e. The predicted molar refractivity (Wildman–Crippen MR) is 74.5 cm³/mol. The van der Waals surface area contributed by atoms with Crippen LogP contribution in [0.1, 0.15) is 16.1 Å². The van der Waals surface area contributed by atoms with Gasteiger partial charge in [-0.15, -0.1) is 0 Å². The van der Waals surface area contributed by atoms with Crippen molar-refractivity contribution < 1.29 is 19.5 Å². The second-order valence-electron chi connectivity index (χ2n) is 4.05. The molecule has 0 aliphatic rings. The quantitative estimate of drug-likeness (QED) is 0.265. The molecule has 2 aromatic rings. The molecule has 3 N–H and O–H groups in total. The third kappa shape index (κ3) is 3.44. The van der Waals surface area contributed by atoms with Crippen LogP contribution in [0.5, 0.6) is 0 Å². The number of rotatable bonds is 5. The minimum atomic E-state index is -1.15. The molecule has 1 aromatic heterocycles. The fourth-order valence-corrected chi connectivity index (χ4v) is 1.51. The monoisotopic (exact) mass is 320 g/mol. The Labute approximate surface area is 126 Å². The van der Waals surface area contributed by atoms with Crippen molar-refractivity contribution in [1.29, 1.82) is 0 Å². The highest BCUT2D eigenvalue weighted by atomic mass is 16.7. The number of hydrogen-bond donors (Lipinski definition) is 2. The molecule has 0 atom stereocenters. The molecule has 0 amide bonds. The fourth-order valence-electron chi connectivity index (χ4n) is 1.51. The molecule has 118 valence electrons. The molecule has 0 radical (unpaired) electrons. The van der Waals surface area contributed by atoms with Crippen LogP contribution in [0, 0.1) is 20.2 Å². The third-order valence-corrected chi connectivity index (χ3v) is 2.62. The lowest BCUT2D eigenvalue weighted by Gasteiger charge is -2.00. The van der Waals surface area contributed by atoms with Gasteiger partial charge in [-0.2, -0.15) is 5.10 Å². The highest BCUT2D eigenvalue weighted by Gasteiger charge is 2.24. The van der Waals surface area contributed by atoms with Gasteiger partial charge in [0.15, 0.2) is 5.84 Å². The molecule has 0 unspecified atom stereocenters. The molecule has 1 heterocycles. The summed E-state index contributed by atoms with van der Waals surface area (Å²) in [4.78, 5) is 35.9. The van der Waals surface area contributed by atoms with Gasteiger partial charge in [-0.05, 0) is 12.1 Å². The predicted octanol–water partition coefficient (Wildman–Crippen LogP) is 0.703. The number of non-ortho nitro benzene ring substituents is 1. The second kappa shape index (κ2) is 6.30. The van der Waals surface area contributed by atoms with Crippen LogP contribution >= 0.6 is 0 Å². The van der Waals surface area contributed by atoms with Gasteiger partial charge in [0.25, 0.3) is 5.69 Å². The molecular weight excluding hydrogens is 312 g/mol. The highest BCUT2D eigenvalue weighted by molar-refractivity contribution is 5.98. The van der Waals surface area contributed by atoms with Crippen LogP contribution < -0.4 is 5.73 Å². The lowest BCUT2D eigenvalue weighted by Crippen LogP contribution is -2.15. The number of hydrogen-bond acceptors (Lipinski definition) is 8. The summed E-state index contributed by atoms with van der Waals surface area (Å²) >= 11 is 0. The van der Waals surface area contributed by atoms with Gasteiger partial charge in [-0.25, -0.2) is 4.79 Å². The van der Waals surface area contributed by atoms with Crippen LogP contribution in [-0.2, 0) is 4.84 Å². The summed E-state index contributed by atoms with van der Waals surface area (Å²) in [6.45, 7) is 0. The van der Waals surface area contributed by atoms with Gasteiger partial charge in [-0.1, -0.05) is 5.16 Å². The summed E-state index contributed by atoms with van der Waals surface area (Å²) in [7, 11) is 0. The number of nitrogens with zero attached hydrogens (tertiary/aromatic N) is 4. The zero-order valence-electron chi connectivity index (χ0n) is 11.2. The van der Waals surface area contributed by atoms with Gasteiger partial charge < -0.3 is 10.6 Å². The summed E-state index contributed by atoms with van der Waals surface area (Å²) in [5.74, 6) is -1.39. The first-order chi connectivity index (χ1) is 10.9. The molecule has 23 heavy (non-hydrogen) atoms. The number of H-pyrrole nitrogens is 1. The van der Waals surface area contributed by atoms with Crippen LogP contribution in [0.3, 0.4) is 0 Å². The number of nitrogens with two attached hydrogens (primary N) is 1. The summed E-state index contributed by atoms with van der Waals surface area (Å²) in [5, 5.41) is 30.0. The van der Waals surface area contributed by atoms with Gasteiger partial charge in [0.1, 0.15) is 6.20 Å². The molecule has 0 bridgehead atoms. The van der Waals surface area contributed by atoms with Crippen molar-refractivity contribution in [3.8, 4) is 0 Å². The number of oxime groups is 1. The van der Waals surface area contributed by atoms with Crippen molar-refractivity contribution in [3.63, 3.8) is 0 Å². The number of amidine groups is 1. The molecule has 2 rings (SSSR count). The number of carbonyl (C=O) groups is 1. The van der Waals surface area contributed by atoms with E-state index in [0.717, 1.165) is 6.20 Å². The van der Waals surface area contributed by atoms with Crippen molar-refractivity contribution in [2.24, 2.45) is 10.9 Å². The molecule has 0 spiro atoms. The average Bonchev–Trinajstić information content (AvgIpc) is 3.02. The summed E-state index contributed by atoms with van der Waals surface area (Å²) in [6, 6.07) is 5.01. The molecule has 0 fully saturated rings. The number of benzene rings is 1. The SMILES string of the molecule is N/C(=N\OC(=O)c1[nH]ncc1[N+](=O)[O-])c1ccc([N+](=O)[O-])cc1. The Kier molecular flexibility index (Phi) is 4.26. The molecule has 1 aromatic carbocycles. The van der Waals surface area contributed by atoms with Gasteiger partial charge in [-0.3, -0.25) is 25.3 Å². The van der Waals surface area contributed by atoms with E-state index >= 15 is 0 Å². The number of carbonyl (C=O) groups excluding carboxylic acids is 1. The summed E-state index contributed by atoms with van der Waals surface area (Å²) in [6.07, 6.45) is 0.847. The molecule has 12 heteroatoms. The van der Waals surface area contributed by atoms with Crippen molar-refractivity contribution in [3.05, 3.63) is 61.9 Å². The first-order valence-electron chi connectivity index (χ1n) is 5.87. The topological polar surface area (TPSA) is 180 Å². The molecule has 0 saturated carbocycles. The van der Waals surface area contributed by atoms with Gasteiger partial charge in [0, 0.05) is 17.7 Å². The Morgan fingerprint density at radius 1 is 1.22 bits per heavy atom. The van der Waals surface area contributed by atoms with Crippen LogP contribution in [0.25, 0.3) is 0 Å². The minimum Gasteiger partial charge on any atom is -0.380 e. The van der Waals surface area contributed by atoms with Crippen molar-refractivity contribution in [2.45, 2.75) is 0 Å². The first kappa shape index (κ1) is 15.6. The summed E-state index contributed by atoms with van der Waals surface area (Å²) in [5.41, 5.74) is 4.62. The standard InChI is InChI=1S/C11H8N6O6/c12-10(6-1-3-7(4-2-6)16(19)20)15-23-11(18)9-8(17(21)22)5-13-14-9/h1-5H,(H2,12,15)(H,13,14). The van der Waals surface area contributed by atoms with Crippen LogP contribution in [0.15, 0.2) is 35.6 Å². The second-order valence-corrected chi connectivity index (χ2v) is 4.05. The Bertz CT molecular complexity index is 796. The van der Waals surface area contributed by atoms with Crippen molar-refractivity contribution in [2.75, 3.05) is 0 Å². The van der Waals surface area contributed by atoms with E-state index < -0.39 is 27.2 Å². The van der Waals surface area contributed by atoms with Crippen molar-refractivity contribution >= 4 is 23.2 Å². The Morgan fingerprint density at radius 2 is 1.87 bits per heavy atom. The Hall–Kier alpha value is -3.83.